The Morgan fingerprint density at radius 3 is 1.71 bits per heavy atom. The van der Waals surface area contributed by atoms with Crippen LogP contribution in [0.5, 0.6) is 0 Å². The maximum absolute atomic E-state index is 12.7. The van der Waals surface area contributed by atoms with Crippen molar-refractivity contribution in [1.82, 2.24) is 0 Å². The number of hydrogen-bond acceptors (Lipinski definition) is 11. The number of allylic oxidation sites excluding steroid dienone is 10. The van der Waals surface area contributed by atoms with Gasteiger partial charge in [0.25, 0.3) is 10.1 Å². The van der Waals surface area contributed by atoms with E-state index in [1.54, 1.807) is 0 Å². The molecule has 1 aliphatic rings. The lowest BCUT2D eigenvalue weighted by atomic mass is 10.00. The minimum absolute atomic E-state index is 0.123. The first-order chi connectivity index (χ1) is 26.5. The van der Waals surface area contributed by atoms with Crippen LogP contribution in [0, 0.1) is 0 Å². The van der Waals surface area contributed by atoms with Crippen LogP contribution in [-0.2, 0) is 38.7 Å². The molecule has 1 heterocycles. The fraction of sp³-hybridized carbons (Fsp3) is 0.714. The Balaban J connectivity index is 2.50. The predicted molar refractivity (Wildman–Crippen MR) is 215 cm³/mol. The van der Waals surface area contributed by atoms with E-state index in [9.17, 15) is 37.9 Å². The zero-order valence-electron chi connectivity index (χ0n) is 33.3. The molecular formula is C42H70O12S. The summed E-state index contributed by atoms with van der Waals surface area (Å²) >= 11 is 0. The molecule has 0 radical (unpaired) electrons. The molecule has 0 aromatic carbocycles. The van der Waals surface area contributed by atoms with Gasteiger partial charge in [0.2, 0.25) is 0 Å². The van der Waals surface area contributed by atoms with Crippen LogP contribution in [0.15, 0.2) is 60.8 Å². The van der Waals surface area contributed by atoms with Gasteiger partial charge < -0.3 is 34.3 Å². The topological polar surface area (TPSA) is 186 Å². The van der Waals surface area contributed by atoms with Gasteiger partial charge in [0.05, 0.1) is 6.61 Å². The third-order valence-electron chi connectivity index (χ3n) is 8.86. The molecule has 0 amide bonds. The molecule has 2 unspecified atom stereocenters. The Labute approximate surface area is 330 Å². The van der Waals surface area contributed by atoms with Gasteiger partial charge in [-0.2, -0.15) is 8.42 Å². The Hall–Kier alpha value is -2.65. The first-order valence-corrected chi connectivity index (χ1v) is 22.0. The van der Waals surface area contributed by atoms with Crippen LogP contribution < -0.4 is 0 Å². The molecular weight excluding hydrogens is 729 g/mol. The van der Waals surface area contributed by atoms with Crippen LogP contribution in [0.2, 0.25) is 0 Å². The number of carbonyl (C=O) groups is 2. The number of rotatable bonds is 32. The van der Waals surface area contributed by atoms with Crippen molar-refractivity contribution in [2.45, 2.75) is 173 Å². The largest absolute Gasteiger partial charge is 0.462 e. The van der Waals surface area contributed by atoms with E-state index >= 15 is 0 Å². The zero-order chi connectivity index (χ0) is 40.6. The van der Waals surface area contributed by atoms with E-state index in [0.29, 0.717) is 12.8 Å². The molecule has 1 saturated heterocycles. The van der Waals surface area contributed by atoms with Crippen LogP contribution in [0.4, 0.5) is 0 Å². The van der Waals surface area contributed by atoms with E-state index in [2.05, 4.69) is 74.6 Å². The summed E-state index contributed by atoms with van der Waals surface area (Å²) in [4.78, 5) is 25.2. The number of unbranched alkanes of at least 4 members (excludes halogenated alkanes) is 10. The van der Waals surface area contributed by atoms with Crippen LogP contribution in [0.1, 0.15) is 136 Å². The lowest BCUT2D eigenvalue weighted by Gasteiger charge is -2.40. The smallest absolute Gasteiger partial charge is 0.306 e. The number of aliphatic hydroxyl groups excluding tert-OH is 3. The van der Waals surface area contributed by atoms with E-state index in [4.69, 9.17) is 18.9 Å². The number of carbonyl (C=O) groups excluding carboxylic acids is 2. The van der Waals surface area contributed by atoms with E-state index in [1.807, 2.05) is 0 Å². The van der Waals surface area contributed by atoms with E-state index < -0.39 is 71.2 Å². The Morgan fingerprint density at radius 1 is 0.636 bits per heavy atom. The predicted octanol–water partition coefficient (Wildman–Crippen LogP) is 7.39. The number of ether oxygens (including phenoxy) is 4. The van der Waals surface area contributed by atoms with Crippen molar-refractivity contribution in [3.63, 3.8) is 0 Å². The molecule has 6 atom stereocenters. The summed E-state index contributed by atoms with van der Waals surface area (Å²) in [5, 5.41) is 30.7. The summed E-state index contributed by atoms with van der Waals surface area (Å²) in [6.07, 6.45) is 28.6. The van der Waals surface area contributed by atoms with Gasteiger partial charge in [0, 0.05) is 12.8 Å². The fourth-order valence-corrected chi connectivity index (χ4v) is 6.39. The molecule has 0 aromatic rings. The van der Waals surface area contributed by atoms with E-state index in [1.165, 1.54) is 25.7 Å². The zero-order valence-corrected chi connectivity index (χ0v) is 34.1. The van der Waals surface area contributed by atoms with Crippen molar-refractivity contribution in [3.05, 3.63) is 60.8 Å². The molecule has 1 fully saturated rings. The van der Waals surface area contributed by atoms with Crippen LogP contribution in [0.3, 0.4) is 0 Å². The van der Waals surface area contributed by atoms with Crippen LogP contribution in [0.25, 0.3) is 0 Å². The summed E-state index contributed by atoms with van der Waals surface area (Å²) in [5.74, 6) is -2.04. The molecule has 1 aliphatic heterocycles. The highest BCUT2D eigenvalue weighted by molar-refractivity contribution is 7.85. The molecule has 316 valence electrons. The van der Waals surface area contributed by atoms with Crippen molar-refractivity contribution in [1.29, 1.82) is 0 Å². The molecule has 55 heavy (non-hydrogen) atoms. The maximum atomic E-state index is 12.7. The number of esters is 2. The van der Waals surface area contributed by atoms with Gasteiger partial charge in [-0.25, -0.2) is 0 Å². The van der Waals surface area contributed by atoms with Gasteiger partial charge in [-0.05, 0) is 57.8 Å². The van der Waals surface area contributed by atoms with Crippen molar-refractivity contribution >= 4 is 22.1 Å². The molecule has 0 aromatic heterocycles. The molecule has 0 bridgehead atoms. The van der Waals surface area contributed by atoms with Crippen molar-refractivity contribution in [2.24, 2.45) is 0 Å². The van der Waals surface area contributed by atoms with Crippen LogP contribution in [-0.4, -0.2) is 96.0 Å². The van der Waals surface area contributed by atoms with Gasteiger partial charge in [-0.3, -0.25) is 14.1 Å². The van der Waals surface area contributed by atoms with Gasteiger partial charge in [0.15, 0.2) is 12.4 Å². The first-order valence-electron chi connectivity index (χ1n) is 20.3. The Bertz CT molecular complexity index is 1260. The summed E-state index contributed by atoms with van der Waals surface area (Å²) < 4.78 is 53.8. The lowest BCUT2D eigenvalue weighted by Crippen LogP contribution is -2.60. The fourth-order valence-electron chi connectivity index (χ4n) is 5.70. The minimum Gasteiger partial charge on any atom is -0.462 e. The number of aliphatic hydroxyl groups is 3. The average Bonchev–Trinajstić information content (AvgIpc) is 3.14. The van der Waals surface area contributed by atoms with Crippen LogP contribution >= 0.6 is 0 Å². The summed E-state index contributed by atoms with van der Waals surface area (Å²) in [5.41, 5.74) is 0. The molecule has 0 spiro atoms. The van der Waals surface area contributed by atoms with E-state index in [0.717, 1.165) is 70.6 Å². The summed E-state index contributed by atoms with van der Waals surface area (Å²) in [7, 11) is -4.60. The normalized spacial score (nSPS) is 21.5. The Morgan fingerprint density at radius 2 is 1.15 bits per heavy atom. The minimum atomic E-state index is -4.60. The summed E-state index contributed by atoms with van der Waals surface area (Å²) in [6.45, 7) is 3.55. The average molecular weight is 799 g/mol. The third-order valence-corrected chi connectivity index (χ3v) is 9.61. The van der Waals surface area contributed by atoms with Gasteiger partial charge >= 0.3 is 11.9 Å². The first kappa shape index (κ1) is 50.4. The van der Waals surface area contributed by atoms with Gasteiger partial charge in [0.1, 0.15) is 36.8 Å². The van der Waals surface area contributed by atoms with Crippen molar-refractivity contribution < 1.29 is 56.8 Å². The SMILES string of the molecule is CC/C=C/C/C=C/C/C=C/C/C=C/C/C=C/CCCCCC(=O)O[C@H](COC(=O)CCCCCCCCCC)CO[C@H]1O[C@H](CS(=O)(=O)O)[C@@H](O)C(O)C1O. The molecule has 0 aliphatic carbocycles. The van der Waals surface area contributed by atoms with Crippen molar-refractivity contribution in [3.8, 4) is 0 Å². The standard InChI is InChI=1S/C42H70O12S/c1-3-5-7-9-11-13-14-15-16-17-18-19-20-21-22-23-25-27-29-31-38(44)53-35(32-51-37(43)30-28-26-24-12-10-8-6-4-2)33-52-42-41(47)40(46)39(45)36(54-42)34-55(48,49)50/h5,7,11,13,15-16,18-19,21-22,35-36,39-42,45-47H,3-4,6,8-10,12,14,17,20,23-34H2,1-2H3,(H,48,49,50)/b7-5+,13-11+,16-15+,19-18+,22-21+/t35-,36-,39-,40?,41?,42+/m1/s1. The monoisotopic (exact) mass is 798 g/mol. The van der Waals surface area contributed by atoms with Crippen molar-refractivity contribution in [2.75, 3.05) is 19.0 Å². The molecule has 12 nitrogen and oxygen atoms in total. The highest BCUT2D eigenvalue weighted by Gasteiger charge is 2.46. The Kier molecular flexibility index (Phi) is 29.7. The molecule has 0 saturated carbocycles. The third kappa shape index (κ3) is 27.6. The van der Waals surface area contributed by atoms with E-state index in [-0.39, 0.29) is 19.4 Å². The molecule has 4 N–H and O–H groups in total. The number of hydrogen-bond donors (Lipinski definition) is 4. The molecule has 1 rings (SSSR count). The molecule has 13 heteroatoms. The summed E-state index contributed by atoms with van der Waals surface area (Å²) in [6, 6.07) is 0. The van der Waals surface area contributed by atoms with Gasteiger partial charge in [-0.1, -0.05) is 126 Å². The maximum Gasteiger partial charge on any atom is 0.306 e. The second kappa shape index (κ2) is 32.4. The quantitative estimate of drug-likeness (QED) is 0.0229. The van der Waals surface area contributed by atoms with Gasteiger partial charge in [-0.15, -0.1) is 0 Å². The highest BCUT2D eigenvalue weighted by atomic mass is 32.2. The highest BCUT2D eigenvalue weighted by Crippen LogP contribution is 2.24. The second-order valence-corrected chi connectivity index (χ2v) is 15.4. The second-order valence-electron chi connectivity index (χ2n) is 13.9. The lowest BCUT2D eigenvalue weighted by molar-refractivity contribution is -0.297.